The molecule has 23 rings (SSSR count). The number of carbonyl (C=O) groups excluding carboxylic acids is 1. The Hall–Kier alpha value is -9.28. The van der Waals surface area contributed by atoms with Gasteiger partial charge < -0.3 is 77.9 Å². The van der Waals surface area contributed by atoms with Crippen molar-refractivity contribution in [3.63, 3.8) is 0 Å². The van der Waals surface area contributed by atoms with Crippen LogP contribution in [0.25, 0.3) is 66.6 Å². The standard InChI is InChI=1S/C21H22N8O.C20H17N9O2.C20H21N9O.C10H7Cl2N5.C5H6N2O.C5H9N.CH2Cl2.CH2O3.CH4.Cl3OP.2K.167H2.H/c1-9-13-4-11(5-14(9)13)16-15-17-18(20(22-3)26-8-25-17)27-19(15)29-21(28-16)30-12-6-23-10(2)24-7-12;1-10-22-5-12(6-23-10)30-19-16-15(4-14-17(16)26-9-27-18(14)21-3)28-20(29-19)31-13-7-24-11(2)25-8-13;1-8-23-5-10(6-24-8)30-20-28-15(9-3-11-12(4-9)14(11)21)13-16-17(27-18(13)29-20)19(22-2)26-7-25-16;1-13-9-4-2-5-6(7(4)14-3-15-9)8(11)17-10(12)16-5;1-4-6-2-5(8)3-7-4;1-4-2-6-3-5(1)4;2-1-3;2-1-4-3;;1-5(2,3)4;;;;;;;;;;;;;;;;;;;;;;;;;;;;;;;;;;;;;;;;;;;;;;;;;;;;;;;;;;;;;;;;;;;;;;;;;;;;;;;;;;;;;;;;;;;;;;;;;;;;;;;;;;;;;;;;;;;;;;;;;;;;;;;;;;;;;;;;;;;;;;;;;;;;;;;;;;;;;;;;;;;;;;;;;;/h6-9,11,13-14H,4-5H2,1-3H3,(H,22,25,26)(H,27,28,29);5-9H,4H2,1-3H3,(H,21,26,27);5-7,9,11-12,14H,3-4,21H2,1-2H3,(H,22,25,26)(H,27,28,29);3H,2H2,1H3,(H,13,14,15);2-3,8H,1H3;4-6H,1-3H2;1H2;1,3H;1H4;;;;167*1H;/q;;;;;;;;;;2*+1;;;;;;;;;;;;;;;;;;;;;;;;;;;;;;;;;;;;;;;;;;;;;;;;;;;;;;;;;;;;;;;;;;;;;;;;;;;;;;;;;;;;;;;;;;;;;;;;;;;;;;;;;;;;;;;;;;;;;;;;;;;;;;;;;;;;;;;;;;;;;;;;;;;;;;;;;;;;;;;;;;;;;;;;-1/p-1/i;;;;;;;;;;;;166*1+1D;1+1;. The van der Waals surface area contributed by atoms with Gasteiger partial charge in [-0.25, -0.2) is 99.7 Å². The van der Waals surface area contributed by atoms with Crippen LogP contribution >= 0.6 is 85.3 Å². The van der Waals surface area contributed by atoms with Gasteiger partial charge in [0.1, 0.15) is 105 Å². The predicted molar refractivity (Wildman–Crippen MR) is 859 cm³/mol. The van der Waals surface area contributed by atoms with E-state index in [1.54, 1.807) is 83.0 Å². The molecule has 15 aromatic heterocycles. The fourth-order valence-corrected chi connectivity index (χ4v) is 17.2. The van der Waals surface area contributed by atoms with E-state index in [1.807, 2.05) is 42.0 Å². The van der Waals surface area contributed by atoms with Gasteiger partial charge in [-0.1, -0.05) is 26.0 Å². The number of rotatable bonds is 15. The second kappa shape index (κ2) is 48.3. The van der Waals surface area contributed by atoms with Crippen LogP contribution < -0.4 is 159 Å². The average molecular weight is 2750 g/mol. The number of ether oxygens (including phenoxy) is 4. The number of nitrogens with one attached hydrogen (secondary N) is 7. The van der Waals surface area contributed by atoms with Gasteiger partial charge >= 0.3 is 126 Å². The van der Waals surface area contributed by atoms with Crippen molar-refractivity contribution in [1.82, 2.24) is 145 Å². The zero-order valence-corrected chi connectivity index (χ0v) is 87.4. The number of aromatic nitrogens is 28. The van der Waals surface area contributed by atoms with Gasteiger partial charge in [0.05, 0.1) is 123 Å². The van der Waals surface area contributed by atoms with Crippen LogP contribution in [0.5, 0.6) is 52.7 Å². The van der Waals surface area contributed by atoms with E-state index in [0.717, 1.165) is 151 Å². The third-order valence-electron chi connectivity index (χ3n) is 23.0. The summed E-state index contributed by atoms with van der Waals surface area (Å²) in [4.78, 5) is 130. The minimum absolute atomic E-state index is 0. The maximum Gasteiger partial charge on any atom is 1.00 e. The summed E-state index contributed by atoms with van der Waals surface area (Å²) in [7, 11) is 7.30. The molecule has 53 heteroatoms. The number of hydrogen-bond donors (Lipinski definition) is 9. The van der Waals surface area contributed by atoms with Crippen LogP contribution in [-0.4, -0.2) is 204 Å². The minimum Gasteiger partial charge on any atom is -1.00 e. The summed E-state index contributed by atoms with van der Waals surface area (Å²) in [6.45, 7) is 13.8. The SMILES string of the molecule is C.C1NCC2CC12.CNc1ncnc2c1Cc1nc(Cl)nc(Cl)c1-2.CNc1ncnc2c1Cc1nc(Oc3cnc(C)nc3)nc(Oc3cnc(C)nc3)c1-2.CNc1ncnc2c1[nH]c1nc(Oc3cnc(C)nc3)nc(C3CC4C(C)C4C3)c12.CNc1ncnc2c1[nH]c1nc(Oc3cnc(C)nc3)nc(C3CC4C(N)C4C3)c12.Cc1ncc(O)cn1.ClCCl.O=CO[O-].O=P(Cl)(Cl)Cl.[2HH].[2H][2H].[2H][2H].[2H][2H].[2H][2H].[2H][2H].[2H][2H].[2H][2H].[2H][2H].[2H][2H].[2H][2H].[2H][2H].[2H][2H].[2H][2H].[2H][2H].[2H][2H].[2H][2H].[2H][2H].[2H][2H].[2H][2H].[2H][2H].[2H][2H].[2H][2H].[2H][2H].[2H][2H].[2H][2H].[2H][2H].[2H][2H].[2H][2H].[2H][2H].[2H][2H].[2H][2H].[2H][2H].[2H][2H].[2H][2H].[2H][2H].[2H][2H].[2H][2H].[2H][2H].[2H][2H].[2H][2H].[2H][2H].[2H][2H].[2H][2H].[2H][2H].[2H][2H].[2H][2H].[2H][2H].[2H][2H].[2H][2H].[2H][2H].[2H][2H].[2H][2H].[2H][2H].[2H][2H].[2H][2H].[2H][2H].[2H][2H].[2H][2H].[2H][2H].[2H][2H].[2H][2H].[2H][2H].[2H][2H].[2H][2H].[2H][2H].[2H][2H].[2H][2H].[2H][2H].[2H][2H].[2H][2H].[2H][2H].[2H][2H].[2H][2H].[2H][2H].[2H][2H].[2H][2H].[2H][2H].[2H][2H].[2H][2H].[2H][2H].[2H][2H].[2H][2H].[2H][2H].[2H][2H].[2H][2H].[2H][2H].[2H][2H].[2H][2H].[2H][2H].[2H][2H].[2H][2H].[2H][2H].[2H][2H].[2H][2H].[2H][2H].[2H][2H].[2H][2H].[2H][2H].[2H][2H].[2H][2H].[2H][2H].[2H][2H].[2H][2H].[2H][2H].[2H][2H].[2H][2H].[2H][2H].[2H][2H].[2H][2H].[2H][2H].[2H][2H].[2H][2H].[2H][2H].[2H][2H].[2H][2H].[2H][2H].[2H][2H].[2H][2H].[2H][2H].[2H][2H].[2H][2H].[2H][2H].[2H][2H].[2H][2H].[2H][2H].[2H][2H].[2H][2H].[2H][2H].[2H][2H].[2H][2H].[2H][2H].[2H][2H].[2H][2H].[2H][2H].[2H][2H].[2H][2H].[2H][2H].[2H][2H].[2H][2H].[2H][2H].[2H][2H].[2H][2H].[2H][2H].[2H][2H].[2H][2H].[2H][2H].[2H][2H].[2H][2H].[2H][2H].[2H][2H].[2H][2H].[2H][2H].[2H][2H].[2H][2H].[2H][2H].[2H][2H].[2H][2H].[2H][2H].[2H][2H].[2H][2H].[2H][2H].[2H][2H].[2H][2H].[2H][2H].[2H][2H].[2H][2H].[H-].[K+].[K+]. The van der Waals surface area contributed by atoms with Gasteiger partial charge in [0, 0.05) is 564 Å². The second-order valence-electron chi connectivity index (χ2n) is 31.4. The predicted octanol–water partition coefficient (Wildman–Crippen LogP) is 49.9. The van der Waals surface area contributed by atoms with Crippen molar-refractivity contribution in [3.05, 3.63) is 161 Å². The number of halogens is 7. The molecule has 8 aliphatic rings. The summed E-state index contributed by atoms with van der Waals surface area (Å²) in [5.74, 6) is 15.0. The number of nitrogens with two attached hydrogens (primary N) is 1. The van der Waals surface area contributed by atoms with Crippen molar-refractivity contribution in [1.29, 1.82) is 0 Å². The van der Waals surface area contributed by atoms with Gasteiger partial charge in [0.15, 0.2) is 40.4 Å². The Balaban J connectivity index is -0.0000000139. The van der Waals surface area contributed by atoms with Gasteiger partial charge in [0.25, 0.3) is 6.47 Å². The number of piperidine rings is 1. The third-order valence-corrected chi connectivity index (χ3v) is 23.5. The largest absolute Gasteiger partial charge is 1.00 e. The molecule has 7 aliphatic carbocycles. The Labute approximate surface area is 1420 Å². The van der Waals surface area contributed by atoms with Crippen LogP contribution in [0, 0.1) is 76.0 Å². The normalized spacial score (nSPS) is 28.3. The van der Waals surface area contributed by atoms with Crippen molar-refractivity contribution < 1.29 is 642 Å². The summed E-state index contributed by atoms with van der Waals surface area (Å²) in [6, 6.07) is 1.01. The Morgan fingerprint density at radius 1 is 0.511 bits per heavy atom. The number of carbonyl (C=O) groups is 1. The molecule has 10 N–H and O–H groups in total. The van der Waals surface area contributed by atoms with E-state index in [9.17, 15) is 4.57 Å². The molecule has 0 aromatic carbocycles. The first-order valence-electron chi connectivity index (χ1n) is 208. The van der Waals surface area contributed by atoms with Gasteiger partial charge in [-0.15, -0.1) is 23.2 Å². The van der Waals surface area contributed by atoms with E-state index in [0.29, 0.717) is 140 Å². The maximum absolute atomic E-state index is 9.51. The number of aryl methyl sites for hydroxylation is 5. The molecule has 0 amide bonds. The fraction of sp³-hybridized carbons (Fsp3) is 0.369. The molecular weight excluding hydrogens is 1990 g/mol. The summed E-state index contributed by atoms with van der Waals surface area (Å²) in [6.07, 6.45) is 28.7. The molecule has 0 radical (unpaired) electrons. The van der Waals surface area contributed by atoms with Gasteiger partial charge in [-0.05, 0) is 167 Å². The zero-order valence-electron chi connectivity index (χ0n) is 408. The number of anilines is 4. The Morgan fingerprint density at radius 3 is 1.23 bits per heavy atom. The van der Waals surface area contributed by atoms with Crippen LogP contribution in [0.4, 0.5) is 23.3 Å². The topological polar surface area (TPSA) is 576 Å². The third kappa shape index (κ3) is 26.3. The molecule has 0 spiro atoms. The second-order valence-corrected chi connectivity index (χ2v) is 39.5. The number of fused-ring (bicyclic) bond motifs is 15. The van der Waals surface area contributed by atoms with Crippen LogP contribution in [0.3, 0.4) is 0 Å². The number of aromatic amines is 2. The molecular formula is C84H424Cl7K2N34O9P. The minimum atomic E-state index is -3.22. The molecule has 0 bridgehead atoms. The maximum atomic E-state index is 9.51. The van der Waals surface area contributed by atoms with E-state index < -0.39 is 5.20 Å². The summed E-state index contributed by atoms with van der Waals surface area (Å²) in [5.41, 5.74) is 19.1. The van der Waals surface area contributed by atoms with Gasteiger partial charge in [-0.3, -0.25) is 9.36 Å². The van der Waals surface area contributed by atoms with Crippen molar-refractivity contribution in [2.75, 3.05) is 67.9 Å². The first-order chi connectivity index (χ1) is 231. The molecule has 16 heterocycles. The molecule has 6 unspecified atom stereocenters. The van der Waals surface area contributed by atoms with Gasteiger partial charge in [0.2, 0.25) is 11.2 Å². The molecule has 137 heavy (non-hydrogen) atoms. The van der Waals surface area contributed by atoms with Crippen LogP contribution in [0.15, 0.2) is 87.3 Å². The number of alkyl halides is 2. The number of hydrogen-bond acceptors (Lipinski definition) is 41. The summed E-state index contributed by atoms with van der Waals surface area (Å²) in [5, 5.41) is 32.1. The molecule has 43 nitrogen and oxygen atoms in total. The first-order valence-corrected chi connectivity index (χ1v) is 47.8. The molecule has 6 atom stereocenters. The Kier molecular flexibility index (Phi) is 7.78. The molecule has 1040 valence electrons. The van der Waals surface area contributed by atoms with E-state index >= 15 is 0 Å². The number of nitrogens with zero attached hydrogens (tertiary/aromatic N) is 26. The van der Waals surface area contributed by atoms with E-state index in [-0.39, 0.29) is 148 Å². The van der Waals surface area contributed by atoms with Crippen LogP contribution in [0.2, 0.25) is 10.4 Å². The first kappa shape index (κ1) is 22.1. The van der Waals surface area contributed by atoms with Crippen molar-refractivity contribution in [3.8, 4) is 75.2 Å². The van der Waals surface area contributed by atoms with Crippen LogP contribution in [-0.2, 0) is 27.1 Å². The Bertz CT molecular complexity index is 6930. The number of H-pyrrole nitrogens is 2. The van der Waals surface area contributed by atoms with Crippen molar-refractivity contribution >= 4 is 159 Å². The van der Waals surface area contributed by atoms with Crippen molar-refractivity contribution in [2.24, 2.45) is 47.2 Å². The van der Waals surface area contributed by atoms with E-state index in [1.165, 1.54) is 44.6 Å². The van der Waals surface area contributed by atoms with Crippen molar-refractivity contribution in [2.45, 2.75) is 112 Å². The summed E-state index contributed by atoms with van der Waals surface area (Å²) >= 11 is 35.2. The average Bonchev–Trinajstić information content (AvgIpc) is 1.56. The van der Waals surface area contributed by atoms with Crippen LogP contribution in [0.1, 0.15) is 617 Å². The number of aromatic hydroxyl groups is 1. The quantitative estimate of drug-likeness (QED) is 0.00673. The monoisotopic (exact) mass is 2740 g/mol. The molecule has 1 saturated heterocycles. The zero-order chi connectivity index (χ0) is 427. The fourth-order valence-electron chi connectivity index (χ4n) is 16.7. The van der Waals surface area contributed by atoms with E-state index in [2.05, 4.69) is 202 Å². The molecule has 5 saturated carbocycles. The summed E-state index contributed by atoms with van der Waals surface area (Å²) < 4.78 is 1690. The Morgan fingerprint density at radius 2 is 0.861 bits per heavy atom. The molecule has 15 aromatic rings. The molecule has 1 aliphatic heterocycles. The molecule has 6 fully saturated rings. The smallest absolute Gasteiger partial charge is 1.00 e. The van der Waals surface area contributed by atoms with Gasteiger partial charge in [-0.2, -0.15) is 29.9 Å². The van der Waals surface area contributed by atoms with E-state index in [4.69, 9.17) is 589 Å².